The van der Waals surface area contributed by atoms with Crippen molar-refractivity contribution in [2.45, 2.75) is 0 Å². The normalized spacial score (nSPS) is 15.2. The minimum atomic E-state index is -0.174. The second kappa shape index (κ2) is 7.31. The van der Waals surface area contributed by atoms with Gasteiger partial charge in [0.25, 0.3) is 5.91 Å². The number of methoxy groups -OCH3 is 1. The van der Waals surface area contributed by atoms with Crippen LogP contribution in [0, 0.1) is 0 Å². The highest BCUT2D eigenvalue weighted by atomic mass is 16.5. The Morgan fingerprint density at radius 2 is 1.88 bits per heavy atom. The van der Waals surface area contributed by atoms with Gasteiger partial charge in [0.05, 0.1) is 24.0 Å². The van der Waals surface area contributed by atoms with Crippen LogP contribution in [0.4, 0.5) is 11.4 Å². The molecule has 0 unspecified atom stereocenters. The van der Waals surface area contributed by atoms with Crippen molar-refractivity contribution in [1.29, 1.82) is 0 Å². The molecular formula is C18H22N4O2. The molecule has 0 atom stereocenters. The highest BCUT2D eigenvalue weighted by Crippen LogP contribution is 2.27. The summed E-state index contributed by atoms with van der Waals surface area (Å²) < 4.78 is 5.02. The Morgan fingerprint density at radius 3 is 2.54 bits per heavy atom. The van der Waals surface area contributed by atoms with E-state index in [0.717, 1.165) is 37.6 Å². The average molecular weight is 326 g/mol. The van der Waals surface area contributed by atoms with E-state index in [1.165, 1.54) is 6.20 Å². The average Bonchev–Trinajstić information content (AvgIpc) is 2.63. The number of piperazine rings is 1. The first-order chi connectivity index (χ1) is 11.7. The molecule has 1 saturated heterocycles. The van der Waals surface area contributed by atoms with Crippen LogP contribution < -0.4 is 15.0 Å². The molecule has 0 aliphatic carbocycles. The summed E-state index contributed by atoms with van der Waals surface area (Å²) in [6.07, 6.45) is 1.52. The quantitative estimate of drug-likeness (QED) is 0.932. The standard InChI is InChI=1S/C18H22N4O2/c1-21-9-11-22(12-10-21)16-6-4-3-5-15(16)20-18(23)14-7-8-17(24-2)19-13-14/h3-8,13H,9-12H2,1-2H3,(H,20,23). The van der Waals surface area contributed by atoms with E-state index >= 15 is 0 Å². The van der Waals surface area contributed by atoms with Gasteiger partial charge in [-0.25, -0.2) is 4.98 Å². The molecule has 0 radical (unpaired) electrons. The number of nitrogens with one attached hydrogen (secondary N) is 1. The van der Waals surface area contributed by atoms with E-state index in [4.69, 9.17) is 4.74 Å². The molecule has 1 fully saturated rings. The molecule has 2 heterocycles. The largest absolute Gasteiger partial charge is 0.481 e. The maximum Gasteiger partial charge on any atom is 0.257 e. The molecule has 3 rings (SSSR count). The van der Waals surface area contributed by atoms with Gasteiger partial charge in [-0.05, 0) is 25.2 Å². The lowest BCUT2D eigenvalue weighted by molar-refractivity contribution is 0.102. The van der Waals surface area contributed by atoms with Gasteiger partial charge in [0, 0.05) is 38.4 Å². The number of likely N-dealkylation sites (N-methyl/N-ethyl adjacent to an activating group) is 1. The highest BCUT2D eigenvalue weighted by Gasteiger charge is 2.18. The number of carbonyl (C=O) groups is 1. The predicted molar refractivity (Wildman–Crippen MR) is 94.9 cm³/mol. The molecule has 1 aromatic carbocycles. The fourth-order valence-electron chi connectivity index (χ4n) is 2.73. The Balaban J connectivity index is 1.75. The molecule has 0 bridgehead atoms. The maximum absolute atomic E-state index is 12.5. The van der Waals surface area contributed by atoms with Gasteiger partial charge < -0.3 is 19.9 Å². The summed E-state index contributed by atoms with van der Waals surface area (Å²) in [7, 11) is 3.68. The smallest absolute Gasteiger partial charge is 0.257 e. The van der Waals surface area contributed by atoms with Crippen LogP contribution in [0.2, 0.25) is 0 Å². The van der Waals surface area contributed by atoms with Gasteiger partial charge >= 0.3 is 0 Å². The Hall–Kier alpha value is -2.60. The number of benzene rings is 1. The predicted octanol–water partition coefficient (Wildman–Crippen LogP) is 2.09. The molecule has 0 spiro atoms. The third-order valence-corrected chi connectivity index (χ3v) is 4.20. The fraction of sp³-hybridized carbons (Fsp3) is 0.333. The lowest BCUT2D eigenvalue weighted by Crippen LogP contribution is -2.44. The van der Waals surface area contributed by atoms with E-state index < -0.39 is 0 Å². The Kier molecular flexibility index (Phi) is 4.96. The Bertz CT molecular complexity index is 694. The van der Waals surface area contributed by atoms with Gasteiger partial charge in [-0.2, -0.15) is 0 Å². The number of anilines is 2. The van der Waals surface area contributed by atoms with Crippen molar-refractivity contribution < 1.29 is 9.53 Å². The van der Waals surface area contributed by atoms with Crippen LogP contribution in [0.5, 0.6) is 5.88 Å². The maximum atomic E-state index is 12.5. The van der Waals surface area contributed by atoms with Crippen molar-refractivity contribution in [3.8, 4) is 5.88 Å². The van der Waals surface area contributed by atoms with Crippen LogP contribution in [-0.2, 0) is 0 Å². The molecule has 1 aliphatic heterocycles. The van der Waals surface area contributed by atoms with Crippen molar-refractivity contribution in [2.75, 3.05) is 50.6 Å². The van der Waals surface area contributed by atoms with Crippen molar-refractivity contribution in [1.82, 2.24) is 9.88 Å². The zero-order valence-electron chi connectivity index (χ0n) is 14.0. The van der Waals surface area contributed by atoms with Crippen LogP contribution in [-0.4, -0.2) is 56.1 Å². The third-order valence-electron chi connectivity index (χ3n) is 4.20. The summed E-state index contributed by atoms with van der Waals surface area (Å²) in [5.41, 5.74) is 2.38. The summed E-state index contributed by atoms with van der Waals surface area (Å²) in [6.45, 7) is 3.94. The van der Waals surface area contributed by atoms with Crippen LogP contribution in [0.15, 0.2) is 42.6 Å². The number of hydrogen-bond acceptors (Lipinski definition) is 5. The van der Waals surface area contributed by atoms with E-state index in [2.05, 4.69) is 27.1 Å². The number of aromatic nitrogens is 1. The van der Waals surface area contributed by atoms with Gasteiger partial charge in [0.15, 0.2) is 0 Å². The van der Waals surface area contributed by atoms with E-state index in [1.54, 1.807) is 19.2 Å². The number of rotatable bonds is 4. The molecule has 2 aromatic rings. The van der Waals surface area contributed by atoms with E-state index in [-0.39, 0.29) is 5.91 Å². The minimum absolute atomic E-state index is 0.174. The first kappa shape index (κ1) is 16.3. The zero-order chi connectivity index (χ0) is 16.9. The molecule has 6 heteroatoms. The second-order valence-electron chi connectivity index (χ2n) is 5.85. The number of hydrogen-bond donors (Lipinski definition) is 1. The molecular weight excluding hydrogens is 304 g/mol. The molecule has 1 aromatic heterocycles. The van der Waals surface area contributed by atoms with Gasteiger partial charge in [-0.15, -0.1) is 0 Å². The minimum Gasteiger partial charge on any atom is -0.481 e. The van der Waals surface area contributed by atoms with Gasteiger partial charge in [0.2, 0.25) is 5.88 Å². The summed E-state index contributed by atoms with van der Waals surface area (Å²) in [5.74, 6) is 0.316. The number of pyridine rings is 1. The summed E-state index contributed by atoms with van der Waals surface area (Å²) >= 11 is 0. The first-order valence-corrected chi connectivity index (χ1v) is 8.01. The van der Waals surface area contributed by atoms with Gasteiger partial charge in [-0.3, -0.25) is 4.79 Å². The summed E-state index contributed by atoms with van der Waals surface area (Å²) in [4.78, 5) is 21.2. The van der Waals surface area contributed by atoms with Crippen molar-refractivity contribution in [2.24, 2.45) is 0 Å². The highest BCUT2D eigenvalue weighted by molar-refractivity contribution is 6.05. The molecule has 24 heavy (non-hydrogen) atoms. The van der Waals surface area contributed by atoms with E-state index in [0.29, 0.717) is 11.4 Å². The molecule has 0 saturated carbocycles. The first-order valence-electron chi connectivity index (χ1n) is 8.01. The summed E-state index contributed by atoms with van der Waals surface area (Å²) in [6, 6.07) is 11.3. The molecule has 6 nitrogen and oxygen atoms in total. The monoisotopic (exact) mass is 326 g/mol. The lowest BCUT2D eigenvalue weighted by Gasteiger charge is -2.35. The van der Waals surface area contributed by atoms with Crippen molar-refractivity contribution >= 4 is 17.3 Å². The Morgan fingerprint density at radius 1 is 1.12 bits per heavy atom. The lowest BCUT2D eigenvalue weighted by atomic mass is 10.2. The number of ether oxygens (including phenoxy) is 1. The molecule has 126 valence electrons. The number of carbonyl (C=O) groups excluding carboxylic acids is 1. The van der Waals surface area contributed by atoms with Crippen LogP contribution in [0.3, 0.4) is 0 Å². The fourth-order valence-corrected chi connectivity index (χ4v) is 2.73. The topological polar surface area (TPSA) is 57.7 Å². The Labute approximate surface area is 142 Å². The van der Waals surface area contributed by atoms with E-state index in [1.807, 2.05) is 24.3 Å². The van der Waals surface area contributed by atoms with Crippen LogP contribution >= 0.6 is 0 Å². The van der Waals surface area contributed by atoms with E-state index in [9.17, 15) is 4.79 Å². The zero-order valence-corrected chi connectivity index (χ0v) is 14.0. The molecule has 1 amide bonds. The number of nitrogens with zero attached hydrogens (tertiary/aromatic N) is 3. The van der Waals surface area contributed by atoms with Crippen molar-refractivity contribution in [3.63, 3.8) is 0 Å². The third kappa shape index (κ3) is 3.65. The SMILES string of the molecule is COc1ccc(C(=O)Nc2ccccc2N2CCN(C)CC2)cn1. The van der Waals surface area contributed by atoms with Crippen LogP contribution in [0.25, 0.3) is 0 Å². The van der Waals surface area contributed by atoms with Gasteiger partial charge in [-0.1, -0.05) is 12.1 Å². The van der Waals surface area contributed by atoms with Crippen LogP contribution in [0.1, 0.15) is 10.4 Å². The van der Waals surface area contributed by atoms with Gasteiger partial charge in [0.1, 0.15) is 0 Å². The van der Waals surface area contributed by atoms with Crippen molar-refractivity contribution in [3.05, 3.63) is 48.2 Å². The second-order valence-corrected chi connectivity index (χ2v) is 5.85. The number of amides is 1. The molecule has 1 aliphatic rings. The molecule has 1 N–H and O–H groups in total. The number of para-hydroxylation sites is 2. The summed E-state index contributed by atoms with van der Waals surface area (Å²) in [5, 5.41) is 3.00.